The van der Waals surface area contributed by atoms with Gasteiger partial charge >= 0.3 is 12.3 Å². The van der Waals surface area contributed by atoms with Gasteiger partial charge in [-0.05, 0) is 31.5 Å². The van der Waals surface area contributed by atoms with Gasteiger partial charge in [0.15, 0.2) is 0 Å². The second-order valence-corrected chi connectivity index (χ2v) is 3.51. The third-order valence-corrected chi connectivity index (χ3v) is 2.12. The van der Waals surface area contributed by atoms with E-state index in [0.29, 0.717) is 5.69 Å². The Bertz CT molecular complexity index is 404. The number of nitrogens with one attached hydrogen (secondary N) is 1. The maximum Gasteiger partial charge on any atom is 0.485 e. The fraction of sp³-hybridized carbons (Fsp3) is 0.364. The van der Waals surface area contributed by atoms with Crippen LogP contribution in [0.3, 0.4) is 0 Å². The molecule has 0 bridgehead atoms. The Balaban J connectivity index is 2.88. The predicted octanol–water partition coefficient (Wildman–Crippen LogP) is 3.05. The van der Waals surface area contributed by atoms with Crippen molar-refractivity contribution in [2.45, 2.75) is 20.1 Å². The number of benzene rings is 1. The van der Waals surface area contributed by atoms with Gasteiger partial charge in [0, 0.05) is 12.2 Å². The number of hydrogen-bond acceptors (Lipinski definition) is 1. The molecule has 0 aliphatic rings. The van der Waals surface area contributed by atoms with Crippen LogP contribution in [-0.4, -0.2) is 18.9 Å². The predicted molar refractivity (Wildman–Crippen MR) is 58.8 cm³/mol. The van der Waals surface area contributed by atoms with Gasteiger partial charge in [-0.1, -0.05) is 12.1 Å². The maximum absolute atomic E-state index is 12.0. The van der Waals surface area contributed by atoms with Crippen LogP contribution in [-0.2, 0) is 0 Å². The summed E-state index contributed by atoms with van der Waals surface area (Å²) in [5, 5.41) is 0.975. The lowest BCUT2D eigenvalue weighted by Crippen LogP contribution is -2.46. The lowest BCUT2D eigenvalue weighted by Gasteiger charge is -2.22. The molecule has 17 heavy (non-hydrogen) atoms. The molecule has 0 spiro atoms. The minimum Gasteiger partial charge on any atom is -0.295 e. The van der Waals surface area contributed by atoms with Crippen LogP contribution in [0.4, 0.5) is 23.7 Å². The zero-order chi connectivity index (χ0) is 13.1. The Kier molecular flexibility index (Phi) is 3.98. The van der Waals surface area contributed by atoms with Crippen molar-refractivity contribution in [1.29, 1.82) is 0 Å². The van der Waals surface area contributed by atoms with E-state index in [1.807, 2.05) is 0 Å². The average molecular weight is 246 g/mol. The number of carbonyl (C=O) groups excluding carboxylic acids is 1. The first-order chi connectivity index (χ1) is 7.83. The smallest absolute Gasteiger partial charge is 0.295 e. The van der Waals surface area contributed by atoms with Gasteiger partial charge in [-0.2, -0.15) is 13.2 Å². The van der Waals surface area contributed by atoms with Crippen molar-refractivity contribution in [3.8, 4) is 0 Å². The summed E-state index contributed by atoms with van der Waals surface area (Å²) < 4.78 is 36.1. The SMILES string of the molecule is CCN(C(=O)NC(F)(F)F)c1cccc(C)c1. The van der Waals surface area contributed by atoms with Crippen molar-refractivity contribution < 1.29 is 18.0 Å². The summed E-state index contributed by atoms with van der Waals surface area (Å²) in [4.78, 5) is 12.4. The Morgan fingerprint density at radius 2 is 2.06 bits per heavy atom. The van der Waals surface area contributed by atoms with Crippen molar-refractivity contribution in [2.24, 2.45) is 0 Å². The summed E-state index contributed by atoms with van der Waals surface area (Å²) in [6, 6.07) is 5.56. The van der Waals surface area contributed by atoms with E-state index in [4.69, 9.17) is 0 Å². The molecule has 0 radical (unpaired) electrons. The lowest BCUT2D eigenvalue weighted by atomic mass is 10.2. The first-order valence-electron chi connectivity index (χ1n) is 5.06. The first-order valence-corrected chi connectivity index (χ1v) is 5.06. The van der Waals surface area contributed by atoms with E-state index in [2.05, 4.69) is 0 Å². The summed E-state index contributed by atoms with van der Waals surface area (Å²) >= 11 is 0. The fourth-order valence-corrected chi connectivity index (χ4v) is 1.43. The molecule has 0 unspecified atom stereocenters. The molecule has 0 fully saturated rings. The minimum atomic E-state index is -4.71. The molecule has 0 aliphatic carbocycles. The Morgan fingerprint density at radius 3 is 2.53 bits per heavy atom. The van der Waals surface area contributed by atoms with Crippen molar-refractivity contribution in [3.05, 3.63) is 29.8 Å². The number of halogens is 3. The molecular formula is C11H13F3N2O. The second kappa shape index (κ2) is 5.07. The van der Waals surface area contributed by atoms with E-state index in [1.165, 1.54) is 0 Å². The van der Waals surface area contributed by atoms with E-state index in [-0.39, 0.29) is 6.54 Å². The molecule has 0 heterocycles. The molecule has 0 atom stereocenters. The van der Waals surface area contributed by atoms with Gasteiger partial charge in [-0.25, -0.2) is 10.1 Å². The van der Waals surface area contributed by atoms with Crippen LogP contribution in [0.15, 0.2) is 24.3 Å². The number of amides is 2. The van der Waals surface area contributed by atoms with Gasteiger partial charge in [0.25, 0.3) is 0 Å². The highest BCUT2D eigenvalue weighted by Gasteiger charge is 2.32. The van der Waals surface area contributed by atoms with Crippen molar-refractivity contribution in [2.75, 3.05) is 11.4 Å². The van der Waals surface area contributed by atoms with Gasteiger partial charge < -0.3 is 0 Å². The maximum atomic E-state index is 12.0. The quantitative estimate of drug-likeness (QED) is 0.799. The largest absolute Gasteiger partial charge is 0.485 e. The molecule has 1 aromatic rings. The second-order valence-electron chi connectivity index (χ2n) is 3.51. The van der Waals surface area contributed by atoms with E-state index >= 15 is 0 Å². The van der Waals surface area contributed by atoms with Crippen LogP contribution in [0.25, 0.3) is 0 Å². The summed E-state index contributed by atoms with van der Waals surface area (Å²) in [7, 11) is 0. The molecule has 2 amide bonds. The van der Waals surface area contributed by atoms with Crippen LogP contribution >= 0.6 is 0 Å². The Labute approximate surface area is 97.2 Å². The standard InChI is InChI=1S/C11H13F3N2O/c1-3-16(10(17)15-11(12,13)14)9-6-4-5-8(2)7-9/h4-7H,3H2,1-2H3,(H,15,17). The van der Waals surface area contributed by atoms with Crippen molar-refractivity contribution in [1.82, 2.24) is 5.32 Å². The lowest BCUT2D eigenvalue weighted by molar-refractivity contribution is -0.145. The Morgan fingerprint density at radius 1 is 1.41 bits per heavy atom. The van der Waals surface area contributed by atoms with Crippen LogP contribution in [0.2, 0.25) is 0 Å². The van der Waals surface area contributed by atoms with Gasteiger partial charge in [0.05, 0.1) is 0 Å². The monoisotopic (exact) mass is 246 g/mol. The highest BCUT2D eigenvalue weighted by Crippen LogP contribution is 2.17. The highest BCUT2D eigenvalue weighted by atomic mass is 19.4. The molecule has 6 heteroatoms. The van der Waals surface area contributed by atoms with Gasteiger partial charge in [-0.15, -0.1) is 0 Å². The molecule has 1 rings (SSSR count). The van der Waals surface area contributed by atoms with Gasteiger partial charge in [0.1, 0.15) is 0 Å². The zero-order valence-corrected chi connectivity index (χ0v) is 9.51. The van der Waals surface area contributed by atoms with E-state index in [1.54, 1.807) is 38.1 Å². The molecule has 0 saturated carbocycles. The van der Waals surface area contributed by atoms with Crippen LogP contribution < -0.4 is 10.2 Å². The normalized spacial score (nSPS) is 11.1. The third-order valence-electron chi connectivity index (χ3n) is 2.12. The van der Waals surface area contributed by atoms with Crippen molar-refractivity contribution in [3.63, 3.8) is 0 Å². The van der Waals surface area contributed by atoms with Crippen LogP contribution in [0, 0.1) is 6.92 Å². The molecule has 94 valence electrons. The van der Waals surface area contributed by atoms with E-state index < -0.39 is 12.3 Å². The van der Waals surface area contributed by atoms with E-state index in [0.717, 1.165) is 15.8 Å². The molecule has 1 aromatic carbocycles. The highest BCUT2D eigenvalue weighted by molar-refractivity contribution is 5.92. The van der Waals surface area contributed by atoms with Crippen molar-refractivity contribution >= 4 is 11.7 Å². The Hall–Kier alpha value is -1.72. The number of urea groups is 1. The summed E-state index contributed by atoms with van der Waals surface area (Å²) in [5.41, 5.74) is 1.31. The zero-order valence-electron chi connectivity index (χ0n) is 9.51. The molecule has 0 aromatic heterocycles. The summed E-state index contributed by atoms with van der Waals surface area (Å²) in [5.74, 6) is 0. The average Bonchev–Trinajstić information content (AvgIpc) is 2.15. The van der Waals surface area contributed by atoms with E-state index in [9.17, 15) is 18.0 Å². The van der Waals surface area contributed by atoms with Crippen LogP contribution in [0.5, 0.6) is 0 Å². The first kappa shape index (κ1) is 13.3. The minimum absolute atomic E-state index is 0.158. The summed E-state index contributed by atoms with van der Waals surface area (Å²) in [6.45, 7) is 3.57. The number of aryl methyl sites for hydroxylation is 1. The molecule has 0 aliphatic heterocycles. The number of carbonyl (C=O) groups is 1. The molecule has 3 nitrogen and oxygen atoms in total. The number of rotatable bonds is 2. The third kappa shape index (κ3) is 3.97. The fourth-order valence-electron chi connectivity index (χ4n) is 1.43. The number of alkyl halides is 3. The molecular weight excluding hydrogens is 233 g/mol. The van der Waals surface area contributed by atoms with Gasteiger partial charge in [-0.3, -0.25) is 4.90 Å². The summed E-state index contributed by atoms with van der Waals surface area (Å²) in [6.07, 6.45) is -4.71. The molecule has 1 N–H and O–H groups in total. The van der Waals surface area contributed by atoms with Gasteiger partial charge in [0.2, 0.25) is 0 Å². The topological polar surface area (TPSA) is 32.3 Å². The molecule has 0 saturated heterocycles. The number of hydrogen-bond donors (Lipinski definition) is 1. The number of nitrogens with zero attached hydrogens (tertiary/aromatic N) is 1. The number of anilines is 1. The van der Waals surface area contributed by atoms with Crippen LogP contribution in [0.1, 0.15) is 12.5 Å².